The van der Waals surface area contributed by atoms with E-state index in [1.54, 1.807) is 12.0 Å². The van der Waals surface area contributed by atoms with Crippen molar-refractivity contribution in [2.24, 2.45) is 0 Å². The Bertz CT molecular complexity index is 848. The van der Waals surface area contributed by atoms with E-state index < -0.39 is 5.54 Å². The SMILES string of the molecule is CCCN1CCC2(CC1)NC(=O)N([C@@H]1CCCN(C(=O)Cc3ccc(OC)cc3)C1)C2=O. The molecule has 1 aromatic rings. The fourth-order valence-corrected chi connectivity index (χ4v) is 5.21. The maximum atomic E-state index is 13.4. The average molecular weight is 443 g/mol. The quantitative estimate of drug-likeness (QED) is 0.682. The molecular weight excluding hydrogens is 408 g/mol. The topological polar surface area (TPSA) is 82.2 Å². The molecule has 3 saturated heterocycles. The molecule has 0 aromatic heterocycles. The molecule has 3 aliphatic rings. The van der Waals surface area contributed by atoms with Crippen LogP contribution in [0.2, 0.25) is 0 Å². The van der Waals surface area contributed by atoms with Crippen LogP contribution in [0, 0.1) is 0 Å². The van der Waals surface area contributed by atoms with Crippen LogP contribution in [0.5, 0.6) is 5.75 Å². The van der Waals surface area contributed by atoms with Gasteiger partial charge in [0.15, 0.2) is 0 Å². The standard InChI is InChI=1S/C24H34N4O4/c1-3-12-26-14-10-24(11-15-26)22(30)28(23(31)25-24)19-5-4-13-27(17-19)21(29)16-18-6-8-20(32-2)9-7-18/h6-9,19H,3-5,10-17H2,1-2H3,(H,25,31)/t19-/m1/s1. The predicted octanol–water partition coefficient (Wildman–Crippen LogP) is 2.03. The van der Waals surface area contributed by atoms with Crippen LogP contribution in [0.3, 0.4) is 0 Å². The van der Waals surface area contributed by atoms with Crippen LogP contribution < -0.4 is 10.1 Å². The Balaban J connectivity index is 1.38. The molecule has 0 unspecified atom stereocenters. The molecule has 1 aromatic carbocycles. The van der Waals surface area contributed by atoms with E-state index in [1.807, 2.05) is 24.3 Å². The Morgan fingerprint density at radius 1 is 1.16 bits per heavy atom. The van der Waals surface area contributed by atoms with E-state index in [0.29, 0.717) is 32.4 Å². The van der Waals surface area contributed by atoms with Gasteiger partial charge in [-0.2, -0.15) is 0 Å². The van der Waals surface area contributed by atoms with Crippen LogP contribution in [0.25, 0.3) is 0 Å². The summed E-state index contributed by atoms with van der Waals surface area (Å²) in [6.45, 7) is 5.89. The summed E-state index contributed by atoms with van der Waals surface area (Å²) >= 11 is 0. The third kappa shape index (κ3) is 4.46. The highest BCUT2D eigenvalue weighted by atomic mass is 16.5. The number of piperidine rings is 2. The van der Waals surface area contributed by atoms with Crippen LogP contribution in [0.1, 0.15) is 44.6 Å². The summed E-state index contributed by atoms with van der Waals surface area (Å²) < 4.78 is 5.17. The minimum absolute atomic E-state index is 0.0227. The highest BCUT2D eigenvalue weighted by molar-refractivity contribution is 6.07. The zero-order valence-corrected chi connectivity index (χ0v) is 19.1. The molecule has 0 radical (unpaired) electrons. The zero-order valence-electron chi connectivity index (χ0n) is 19.1. The first-order valence-corrected chi connectivity index (χ1v) is 11.7. The van der Waals surface area contributed by atoms with Crippen LogP contribution in [0.4, 0.5) is 4.79 Å². The number of ether oxygens (including phenoxy) is 1. The summed E-state index contributed by atoms with van der Waals surface area (Å²) in [6.07, 6.45) is 4.22. The number of carbonyl (C=O) groups is 3. The molecule has 32 heavy (non-hydrogen) atoms. The second-order valence-electron chi connectivity index (χ2n) is 9.19. The first-order valence-electron chi connectivity index (χ1n) is 11.7. The maximum absolute atomic E-state index is 13.4. The number of rotatable bonds is 6. The minimum atomic E-state index is -0.767. The fourth-order valence-electron chi connectivity index (χ4n) is 5.21. The Kier molecular flexibility index (Phi) is 6.69. The van der Waals surface area contributed by atoms with Crippen molar-refractivity contribution in [3.8, 4) is 5.75 Å². The van der Waals surface area contributed by atoms with Crippen molar-refractivity contribution in [1.82, 2.24) is 20.0 Å². The number of nitrogens with zero attached hydrogens (tertiary/aromatic N) is 3. The molecule has 3 aliphatic heterocycles. The van der Waals surface area contributed by atoms with Gasteiger partial charge in [-0.05, 0) is 56.3 Å². The molecule has 4 amide bonds. The van der Waals surface area contributed by atoms with E-state index in [-0.39, 0.29) is 23.9 Å². The molecule has 3 fully saturated rings. The summed E-state index contributed by atoms with van der Waals surface area (Å²) in [6, 6.07) is 6.92. The van der Waals surface area contributed by atoms with Gasteiger partial charge in [0.05, 0.1) is 19.6 Å². The van der Waals surface area contributed by atoms with Crippen molar-refractivity contribution < 1.29 is 19.1 Å². The summed E-state index contributed by atoms with van der Waals surface area (Å²) in [4.78, 5) is 44.7. The first-order chi connectivity index (χ1) is 15.5. The molecule has 0 saturated carbocycles. The van der Waals surface area contributed by atoms with Gasteiger partial charge >= 0.3 is 6.03 Å². The van der Waals surface area contributed by atoms with E-state index in [9.17, 15) is 14.4 Å². The number of likely N-dealkylation sites (tertiary alicyclic amines) is 2. The van der Waals surface area contributed by atoms with E-state index in [1.165, 1.54) is 4.90 Å². The van der Waals surface area contributed by atoms with Gasteiger partial charge in [-0.25, -0.2) is 4.79 Å². The summed E-state index contributed by atoms with van der Waals surface area (Å²) in [5, 5.41) is 3.02. The molecule has 1 N–H and O–H groups in total. The molecule has 8 nitrogen and oxygen atoms in total. The number of hydrogen-bond acceptors (Lipinski definition) is 5. The monoisotopic (exact) mass is 442 g/mol. The smallest absolute Gasteiger partial charge is 0.325 e. The molecule has 8 heteroatoms. The number of benzene rings is 1. The zero-order chi connectivity index (χ0) is 22.7. The third-order valence-electron chi connectivity index (χ3n) is 7.07. The van der Waals surface area contributed by atoms with Crippen molar-refractivity contribution >= 4 is 17.8 Å². The lowest BCUT2D eigenvalue weighted by Crippen LogP contribution is -2.56. The van der Waals surface area contributed by atoms with Crippen LogP contribution in [-0.2, 0) is 16.0 Å². The van der Waals surface area contributed by atoms with Crippen molar-refractivity contribution in [1.29, 1.82) is 0 Å². The lowest BCUT2D eigenvalue weighted by molar-refractivity contribution is -0.138. The van der Waals surface area contributed by atoms with E-state index in [0.717, 1.165) is 50.2 Å². The van der Waals surface area contributed by atoms with Crippen molar-refractivity contribution in [3.63, 3.8) is 0 Å². The number of carbonyl (C=O) groups excluding carboxylic acids is 3. The highest BCUT2D eigenvalue weighted by Gasteiger charge is 2.54. The lowest BCUT2D eigenvalue weighted by atomic mass is 9.87. The Labute approximate surface area is 189 Å². The second-order valence-corrected chi connectivity index (χ2v) is 9.19. The van der Waals surface area contributed by atoms with Gasteiger partial charge in [0.25, 0.3) is 5.91 Å². The summed E-state index contributed by atoms with van der Waals surface area (Å²) in [5.74, 6) is 0.676. The van der Waals surface area contributed by atoms with Gasteiger partial charge in [0.2, 0.25) is 5.91 Å². The predicted molar refractivity (Wildman–Crippen MR) is 120 cm³/mol. The largest absolute Gasteiger partial charge is 0.497 e. The van der Waals surface area contributed by atoms with Gasteiger partial charge < -0.3 is 19.9 Å². The van der Waals surface area contributed by atoms with Crippen molar-refractivity contribution in [2.45, 2.75) is 57.0 Å². The minimum Gasteiger partial charge on any atom is -0.497 e. The lowest BCUT2D eigenvalue weighted by Gasteiger charge is -2.39. The number of imide groups is 1. The summed E-state index contributed by atoms with van der Waals surface area (Å²) in [7, 11) is 1.61. The fraction of sp³-hybridized carbons (Fsp3) is 0.625. The van der Waals surface area contributed by atoms with Crippen LogP contribution >= 0.6 is 0 Å². The second kappa shape index (κ2) is 9.48. The van der Waals surface area contributed by atoms with E-state index in [4.69, 9.17) is 4.74 Å². The molecule has 4 rings (SSSR count). The van der Waals surface area contributed by atoms with Gasteiger partial charge in [-0.1, -0.05) is 19.1 Å². The Morgan fingerprint density at radius 2 is 1.88 bits per heavy atom. The number of urea groups is 1. The van der Waals surface area contributed by atoms with Gasteiger partial charge in [0, 0.05) is 26.2 Å². The molecule has 1 atom stereocenters. The van der Waals surface area contributed by atoms with Gasteiger partial charge in [-0.3, -0.25) is 14.5 Å². The number of nitrogens with one attached hydrogen (secondary N) is 1. The molecular formula is C24H34N4O4. The van der Waals surface area contributed by atoms with Crippen LogP contribution in [-0.4, -0.2) is 84.0 Å². The number of methoxy groups -OCH3 is 1. The van der Waals surface area contributed by atoms with Gasteiger partial charge in [0.1, 0.15) is 11.3 Å². The first kappa shape index (κ1) is 22.6. The van der Waals surface area contributed by atoms with E-state index in [2.05, 4.69) is 17.1 Å². The average Bonchev–Trinajstić information content (AvgIpc) is 3.05. The molecule has 174 valence electrons. The Morgan fingerprint density at radius 3 is 2.53 bits per heavy atom. The van der Waals surface area contributed by atoms with Gasteiger partial charge in [-0.15, -0.1) is 0 Å². The Hall–Kier alpha value is -2.61. The molecule has 0 aliphatic carbocycles. The van der Waals surface area contributed by atoms with Crippen molar-refractivity contribution in [3.05, 3.63) is 29.8 Å². The van der Waals surface area contributed by atoms with Crippen LogP contribution in [0.15, 0.2) is 24.3 Å². The molecule has 0 bridgehead atoms. The van der Waals surface area contributed by atoms with Crippen molar-refractivity contribution in [2.75, 3.05) is 39.8 Å². The van der Waals surface area contributed by atoms with E-state index >= 15 is 0 Å². The third-order valence-corrected chi connectivity index (χ3v) is 7.07. The number of amides is 4. The summed E-state index contributed by atoms with van der Waals surface area (Å²) in [5.41, 5.74) is 0.155. The normalized spacial score (nSPS) is 23.5. The highest BCUT2D eigenvalue weighted by Crippen LogP contribution is 2.32. The molecule has 3 heterocycles. The molecule has 1 spiro atoms. The maximum Gasteiger partial charge on any atom is 0.325 e. The number of hydrogen-bond donors (Lipinski definition) is 1.